The van der Waals surface area contributed by atoms with Crippen molar-refractivity contribution in [2.45, 2.75) is 20.0 Å². The molecule has 110 valence electrons. The Kier molecular flexibility index (Phi) is 4.90. The van der Waals surface area contributed by atoms with E-state index in [2.05, 4.69) is 10.3 Å². The van der Waals surface area contributed by atoms with Gasteiger partial charge in [-0.25, -0.2) is 0 Å². The molecule has 1 heterocycles. The Morgan fingerprint density at radius 3 is 2.52 bits per heavy atom. The number of carbonyl (C=O) groups excluding carboxylic acids is 1. The molecule has 2 rings (SSSR count). The summed E-state index contributed by atoms with van der Waals surface area (Å²) < 4.78 is 5.58. The Morgan fingerprint density at radius 1 is 1.14 bits per heavy atom. The van der Waals surface area contributed by atoms with Gasteiger partial charge < -0.3 is 15.2 Å². The van der Waals surface area contributed by atoms with Crippen LogP contribution in [0.5, 0.6) is 11.6 Å². The number of nitrogens with one attached hydrogen (secondary N) is 1. The van der Waals surface area contributed by atoms with Crippen LogP contribution < -0.4 is 10.1 Å². The Labute approximate surface area is 123 Å². The highest BCUT2D eigenvalue weighted by Gasteiger charge is 2.19. The van der Waals surface area contributed by atoms with Gasteiger partial charge in [0.25, 0.3) is 5.91 Å². The van der Waals surface area contributed by atoms with Crippen LogP contribution in [-0.4, -0.2) is 22.1 Å². The zero-order chi connectivity index (χ0) is 15.2. The summed E-state index contributed by atoms with van der Waals surface area (Å²) >= 11 is 0. The van der Waals surface area contributed by atoms with Crippen molar-refractivity contribution in [3.05, 3.63) is 48.5 Å². The largest absolute Gasteiger partial charge is 0.439 e. The van der Waals surface area contributed by atoms with Crippen molar-refractivity contribution in [1.82, 2.24) is 4.98 Å². The number of aromatic nitrogens is 1. The third-order valence-electron chi connectivity index (χ3n) is 2.84. The number of para-hydroxylation sites is 1. The summed E-state index contributed by atoms with van der Waals surface area (Å²) in [6.07, 6.45) is -1.06. The maximum absolute atomic E-state index is 11.8. The smallest absolute Gasteiger partial charge is 0.254 e. The lowest BCUT2D eigenvalue weighted by Gasteiger charge is -2.14. The van der Waals surface area contributed by atoms with E-state index < -0.39 is 12.0 Å². The molecule has 0 radical (unpaired) electrons. The number of pyridine rings is 1. The third-order valence-corrected chi connectivity index (χ3v) is 2.84. The molecule has 21 heavy (non-hydrogen) atoms. The van der Waals surface area contributed by atoms with Gasteiger partial charge >= 0.3 is 0 Å². The van der Waals surface area contributed by atoms with E-state index >= 15 is 0 Å². The fraction of sp³-hybridized carbons (Fsp3) is 0.250. The fourth-order valence-electron chi connectivity index (χ4n) is 1.65. The second kappa shape index (κ2) is 6.85. The highest BCUT2D eigenvalue weighted by molar-refractivity contribution is 5.93. The number of ether oxygens (including phenoxy) is 1. The average molecular weight is 286 g/mol. The first-order valence-corrected chi connectivity index (χ1v) is 6.75. The minimum atomic E-state index is -1.06. The summed E-state index contributed by atoms with van der Waals surface area (Å²) in [4.78, 5) is 16.0. The maximum atomic E-state index is 11.8. The number of benzene rings is 1. The number of carbonyl (C=O) groups is 1. The Bertz CT molecular complexity index is 599. The van der Waals surface area contributed by atoms with Crippen molar-refractivity contribution in [3.63, 3.8) is 0 Å². The van der Waals surface area contributed by atoms with E-state index in [1.807, 2.05) is 30.3 Å². The van der Waals surface area contributed by atoms with E-state index in [0.29, 0.717) is 17.4 Å². The second-order valence-corrected chi connectivity index (χ2v) is 4.95. The molecular weight excluding hydrogens is 268 g/mol. The van der Waals surface area contributed by atoms with Crippen LogP contribution in [0, 0.1) is 5.92 Å². The average Bonchev–Trinajstić information content (AvgIpc) is 2.47. The van der Waals surface area contributed by atoms with Crippen LogP contribution in [0.15, 0.2) is 48.5 Å². The molecule has 1 aromatic carbocycles. The first kappa shape index (κ1) is 15.0. The van der Waals surface area contributed by atoms with E-state index in [9.17, 15) is 9.90 Å². The number of amides is 1. The standard InChI is InChI=1S/C16H18N2O3/c1-11(2)15(19)16(20)18-13-9-6-10-14(17-13)21-12-7-4-3-5-8-12/h3-11,15,19H,1-2H3,(H,17,18,20)/t15-/m1/s1. The minimum Gasteiger partial charge on any atom is -0.439 e. The molecule has 0 unspecified atom stereocenters. The van der Waals surface area contributed by atoms with Gasteiger partial charge in [-0.2, -0.15) is 4.98 Å². The van der Waals surface area contributed by atoms with Crippen molar-refractivity contribution in [2.75, 3.05) is 5.32 Å². The number of aliphatic hydroxyl groups excluding tert-OH is 1. The molecule has 1 amide bonds. The minimum absolute atomic E-state index is 0.159. The lowest BCUT2D eigenvalue weighted by molar-refractivity contribution is -0.125. The van der Waals surface area contributed by atoms with E-state index in [0.717, 1.165) is 0 Å². The number of hydrogen-bond donors (Lipinski definition) is 2. The molecule has 5 nitrogen and oxygen atoms in total. The van der Waals surface area contributed by atoms with E-state index in [1.54, 1.807) is 32.0 Å². The number of nitrogens with zero attached hydrogens (tertiary/aromatic N) is 1. The predicted octanol–water partition coefficient (Wildman–Crippen LogP) is 2.83. The number of anilines is 1. The van der Waals surface area contributed by atoms with Crippen LogP contribution in [0.2, 0.25) is 0 Å². The molecule has 0 saturated carbocycles. The predicted molar refractivity (Wildman–Crippen MR) is 80.2 cm³/mol. The van der Waals surface area contributed by atoms with Gasteiger partial charge in [0, 0.05) is 6.07 Å². The Balaban J connectivity index is 2.06. The van der Waals surface area contributed by atoms with Crippen molar-refractivity contribution in [3.8, 4) is 11.6 Å². The molecule has 2 aromatic rings. The molecule has 1 aromatic heterocycles. The molecule has 0 aliphatic rings. The Morgan fingerprint density at radius 2 is 1.86 bits per heavy atom. The van der Waals surface area contributed by atoms with Crippen molar-refractivity contribution in [2.24, 2.45) is 5.92 Å². The molecule has 2 N–H and O–H groups in total. The topological polar surface area (TPSA) is 71.5 Å². The van der Waals surface area contributed by atoms with Crippen LogP contribution in [0.1, 0.15) is 13.8 Å². The summed E-state index contributed by atoms with van der Waals surface area (Å²) in [5.41, 5.74) is 0. The van der Waals surface area contributed by atoms with Gasteiger partial charge in [-0.15, -0.1) is 0 Å². The first-order chi connectivity index (χ1) is 10.1. The van der Waals surface area contributed by atoms with Crippen LogP contribution in [-0.2, 0) is 4.79 Å². The molecule has 1 atom stereocenters. The SMILES string of the molecule is CC(C)[C@@H](O)C(=O)Nc1cccc(Oc2ccccc2)n1. The van der Waals surface area contributed by atoms with Gasteiger partial charge in [0.1, 0.15) is 17.7 Å². The van der Waals surface area contributed by atoms with Gasteiger partial charge in [0.15, 0.2) is 0 Å². The van der Waals surface area contributed by atoms with Gasteiger partial charge in [-0.1, -0.05) is 38.1 Å². The van der Waals surface area contributed by atoms with Crippen LogP contribution in [0.4, 0.5) is 5.82 Å². The lowest BCUT2D eigenvalue weighted by Crippen LogP contribution is -2.32. The lowest BCUT2D eigenvalue weighted by atomic mass is 10.1. The highest BCUT2D eigenvalue weighted by Crippen LogP contribution is 2.20. The monoisotopic (exact) mass is 286 g/mol. The summed E-state index contributed by atoms with van der Waals surface area (Å²) in [6, 6.07) is 14.3. The van der Waals surface area contributed by atoms with E-state index in [1.165, 1.54) is 0 Å². The molecule has 0 spiro atoms. The first-order valence-electron chi connectivity index (χ1n) is 6.75. The second-order valence-electron chi connectivity index (χ2n) is 4.95. The summed E-state index contributed by atoms with van der Waals surface area (Å²) in [5, 5.41) is 12.3. The molecule has 0 aliphatic heterocycles. The van der Waals surface area contributed by atoms with Gasteiger partial charge in [-0.3, -0.25) is 4.79 Å². The summed E-state index contributed by atoms with van der Waals surface area (Å²) in [7, 11) is 0. The van der Waals surface area contributed by atoms with Crippen LogP contribution >= 0.6 is 0 Å². The number of hydrogen-bond acceptors (Lipinski definition) is 4. The van der Waals surface area contributed by atoms with Gasteiger partial charge in [-0.05, 0) is 24.1 Å². The molecule has 0 saturated heterocycles. The normalized spacial score (nSPS) is 12.0. The van der Waals surface area contributed by atoms with E-state index in [-0.39, 0.29) is 5.92 Å². The summed E-state index contributed by atoms with van der Waals surface area (Å²) in [5.74, 6) is 0.741. The maximum Gasteiger partial charge on any atom is 0.254 e. The third kappa shape index (κ3) is 4.29. The zero-order valence-electron chi connectivity index (χ0n) is 12.0. The molecule has 0 aliphatic carbocycles. The fourth-order valence-corrected chi connectivity index (χ4v) is 1.65. The summed E-state index contributed by atoms with van der Waals surface area (Å²) in [6.45, 7) is 3.54. The van der Waals surface area contributed by atoms with Crippen LogP contribution in [0.3, 0.4) is 0 Å². The Hall–Kier alpha value is -2.40. The zero-order valence-corrected chi connectivity index (χ0v) is 12.0. The van der Waals surface area contributed by atoms with Gasteiger partial charge in [0.2, 0.25) is 5.88 Å². The quantitative estimate of drug-likeness (QED) is 0.886. The van der Waals surface area contributed by atoms with Crippen molar-refractivity contribution in [1.29, 1.82) is 0 Å². The van der Waals surface area contributed by atoms with Crippen molar-refractivity contribution < 1.29 is 14.6 Å². The highest BCUT2D eigenvalue weighted by atomic mass is 16.5. The number of rotatable bonds is 5. The molecular formula is C16H18N2O3. The molecule has 0 bridgehead atoms. The number of aliphatic hydroxyl groups is 1. The molecule has 5 heteroatoms. The van der Waals surface area contributed by atoms with E-state index in [4.69, 9.17) is 4.74 Å². The van der Waals surface area contributed by atoms with Gasteiger partial charge in [0.05, 0.1) is 0 Å². The molecule has 0 fully saturated rings. The van der Waals surface area contributed by atoms with Crippen LogP contribution in [0.25, 0.3) is 0 Å². The van der Waals surface area contributed by atoms with Crippen molar-refractivity contribution >= 4 is 11.7 Å².